The molecule has 20 heavy (non-hydrogen) atoms. The first-order valence-electron chi connectivity index (χ1n) is 6.06. The van der Waals surface area contributed by atoms with Gasteiger partial charge in [0.2, 0.25) is 0 Å². The number of carboxylic acids is 1. The summed E-state index contributed by atoms with van der Waals surface area (Å²) in [7, 11) is 0. The maximum absolute atomic E-state index is 10.8. The Bertz CT molecular complexity index is 613. The fraction of sp³-hybridized carbons (Fsp3) is 0.214. The van der Waals surface area contributed by atoms with Crippen molar-refractivity contribution in [3.05, 3.63) is 50.1 Å². The molecule has 1 aromatic carbocycles. The first-order chi connectivity index (χ1) is 9.56. The summed E-state index contributed by atoms with van der Waals surface area (Å²) in [5, 5.41) is 15.1. The van der Waals surface area contributed by atoms with E-state index >= 15 is 0 Å². The minimum atomic E-state index is -0.893. The van der Waals surface area contributed by atoms with Crippen LogP contribution in [0.4, 0.5) is 5.69 Å². The molecule has 0 fully saturated rings. The number of hydrogen-bond donors (Lipinski definition) is 2. The van der Waals surface area contributed by atoms with Crippen molar-refractivity contribution in [3.8, 4) is 0 Å². The molecule has 3 nitrogen and oxygen atoms in total. The quantitative estimate of drug-likeness (QED) is 0.748. The Morgan fingerprint density at radius 2 is 2.10 bits per heavy atom. The average molecular weight is 330 g/mol. The van der Waals surface area contributed by atoms with Crippen LogP contribution in [0.25, 0.3) is 0 Å². The second kappa shape index (κ2) is 6.97. The highest BCUT2D eigenvalue weighted by atomic mass is 35.5. The van der Waals surface area contributed by atoms with Crippen LogP contribution in [-0.4, -0.2) is 17.6 Å². The largest absolute Gasteiger partial charge is 0.477 e. The monoisotopic (exact) mass is 329 g/mol. The third-order valence-electron chi connectivity index (χ3n) is 2.78. The molecule has 2 aromatic rings. The van der Waals surface area contributed by atoms with Crippen LogP contribution >= 0.6 is 34.5 Å². The summed E-state index contributed by atoms with van der Waals surface area (Å²) in [6.07, 6.45) is 1.75. The number of aryl methyl sites for hydroxylation is 1. The first-order valence-corrected chi connectivity index (χ1v) is 7.69. The topological polar surface area (TPSA) is 49.3 Å². The van der Waals surface area contributed by atoms with Crippen molar-refractivity contribution in [2.45, 2.75) is 12.8 Å². The molecule has 0 spiro atoms. The number of nitrogens with one attached hydrogen (secondary N) is 1. The second-order valence-electron chi connectivity index (χ2n) is 4.27. The molecule has 2 N–H and O–H groups in total. The fourth-order valence-electron chi connectivity index (χ4n) is 1.78. The van der Waals surface area contributed by atoms with Gasteiger partial charge in [-0.2, -0.15) is 0 Å². The molecule has 106 valence electrons. The Hall–Kier alpha value is -1.23. The Morgan fingerprint density at radius 3 is 2.75 bits per heavy atom. The van der Waals surface area contributed by atoms with Gasteiger partial charge in [-0.3, -0.25) is 0 Å². The second-order valence-corrected chi connectivity index (χ2v) is 6.03. The smallest absolute Gasteiger partial charge is 0.345 e. The molecule has 0 unspecified atom stereocenters. The molecule has 0 amide bonds. The molecular formula is C14H13Cl2NO2S. The van der Waals surface area contributed by atoms with Gasteiger partial charge in [-0.05, 0) is 36.6 Å². The molecule has 1 aromatic heterocycles. The number of carboxylic acid groups (broad SMARTS) is 1. The van der Waals surface area contributed by atoms with Gasteiger partial charge in [0.1, 0.15) is 4.88 Å². The van der Waals surface area contributed by atoms with Gasteiger partial charge >= 0.3 is 5.97 Å². The predicted octanol–water partition coefficient (Wildman–Crippen LogP) is 4.80. The van der Waals surface area contributed by atoms with Gasteiger partial charge in [-0.1, -0.05) is 29.3 Å². The van der Waals surface area contributed by atoms with Crippen LogP contribution in [0.3, 0.4) is 0 Å². The molecule has 0 atom stereocenters. The van der Waals surface area contributed by atoms with E-state index in [1.807, 2.05) is 12.1 Å². The summed E-state index contributed by atoms with van der Waals surface area (Å²) in [5.74, 6) is -0.893. The number of benzene rings is 1. The van der Waals surface area contributed by atoms with Crippen LogP contribution < -0.4 is 5.32 Å². The van der Waals surface area contributed by atoms with Gasteiger partial charge in [0.05, 0.1) is 0 Å². The molecule has 0 saturated heterocycles. The van der Waals surface area contributed by atoms with E-state index in [4.69, 9.17) is 28.3 Å². The highest BCUT2D eigenvalue weighted by Gasteiger charge is 2.06. The van der Waals surface area contributed by atoms with Crippen molar-refractivity contribution in [3.63, 3.8) is 0 Å². The third-order valence-corrected chi connectivity index (χ3v) is 4.28. The van der Waals surface area contributed by atoms with Crippen molar-refractivity contribution in [2.24, 2.45) is 0 Å². The summed E-state index contributed by atoms with van der Waals surface area (Å²) < 4.78 is 0. The van der Waals surface area contributed by atoms with E-state index in [0.29, 0.717) is 14.9 Å². The Labute approximate surface area is 131 Å². The number of hydrogen-bond acceptors (Lipinski definition) is 3. The molecule has 0 radical (unpaired) electrons. The Morgan fingerprint density at radius 1 is 1.30 bits per heavy atom. The lowest BCUT2D eigenvalue weighted by molar-refractivity contribution is 0.0702. The molecule has 0 aliphatic rings. The zero-order valence-electron chi connectivity index (χ0n) is 10.5. The molecule has 6 heteroatoms. The molecule has 2 rings (SSSR count). The number of halogens is 2. The molecule has 0 aliphatic carbocycles. The standard InChI is InChI=1S/C14H13Cl2NO2S/c15-10-4-3-9(12(16)6-10)2-1-5-17-11-7-13(14(18)19)20-8-11/h3-4,6-8,17H,1-2,5H2,(H,18,19). The summed E-state index contributed by atoms with van der Waals surface area (Å²) in [5.41, 5.74) is 1.91. The van der Waals surface area contributed by atoms with Crippen LogP contribution in [0, 0.1) is 0 Å². The van der Waals surface area contributed by atoms with Crippen LogP contribution in [0.5, 0.6) is 0 Å². The lowest BCUT2D eigenvalue weighted by Crippen LogP contribution is -2.02. The molecule has 0 saturated carbocycles. The fourth-order valence-corrected chi connectivity index (χ4v) is 2.98. The average Bonchev–Trinajstić information content (AvgIpc) is 2.85. The summed E-state index contributed by atoms with van der Waals surface area (Å²) >= 11 is 13.2. The van der Waals surface area contributed by atoms with E-state index in [2.05, 4.69) is 5.32 Å². The van der Waals surface area contributed by atoms with E-state index in [1.54, 1.807) is 17.5 Å². The Balaban J connectivity index is 1.79. The van der Waals surface area contributed by atoms with Crippen LogP contribution in [0.1, 0.15) is 21.7 Å². The number of rotatable bonds is 6. The molecular weight excluding hydrogens is 317 g/mol. The molecule has 0 aliphatic heterocycles. The summed E-state index contributed by atoms with van der Waals surface area (Å²) in [6.45, 7) is 0.759. The zero-order chi connectivity index (χ0) is 14.5. The predicted molar refractivity (Wildman–Crippen MR) is 84.6 cm³/mol. The van der Waals surface area contributed by atoms with E-state index in [9.17, 15) is 4.79 Å². The van der Waals surface area contributed by atoms with Gasteiger partial charge in [0.25, 0.3) is 0 Å². The SMILES string of the molecule is O=C(O)c1cc(NCCCc2ccc(Cl)cc2Cl)cs1. The zero-order valence-corrected chi connectivity index (χ0v) is 12.9. The minimum absolute atomic E-state index is 0.341. The number of aromatic carboxylic acids is 1. The number of anilines is 1. The van der Waals surface area contributed by atoms with Crippen molar-refractivity contribution >= 4 is 46.2 Å². The molecule has 0 bridgehead atoms. The summed E-state index contributed by atoms with van der Waals surface area (Å²) in [4.78, 5) is 11.1. The number of carbonyl (C=O) groups is 1. The maximum Gasteiger partial charge on any atom is 0.345 e. The summed E-state index contributed by atoms with van der Waals surface area (Å²) in [6, 6.07) is 7.14. The van der Waals surface area contributed by atoms with Crippen molar-refractivity contribution < 1.29 is 9.90 Å². The first kappa shape index (κ1) is 15.2. The van der Waals surface area contributed by atoms with Crippen LogP contribution in [0.15, 0.2) is 29.6 Å². The van der Waals surface area contributed by atoms with Gasteiger partial charge in [0.15, 0.2) is 0 Å². The molecule has 1 heterocycles. The lowest BCUT2D eigenvalue weighted by atomic mass is 10.1. The van der Waals surface area contributed by atoms with Crippen molar-refractivity contribution in [1.82, 2.24) is 0 Å². The van der Waals surface area contributed by atoms with E-state index in [0.717, 1.165) is 30.6 Å². The third kappa shape index (κ3) is 4.13. The number of thiophene rings is 1. The minimum Gasteiger partial charge on any atom is -0.477 e. The normalized spacial score (nSPS) is 10.5. The van der Waals surface area contributed by atoms with E-state index in [-0.39, 0.29) is 0 Å². The Kier molecular flexibility index (Phi) is 5.29. The highest BCUT2D eigenvalue weighted by Crippen LogP contribution is 2.22. The van der Waals surface area contributed by atoms with E-state index in [1.165, 1.54) is 11.3 Å². The van der Waals surface area contributed by atoms with E-state index < -0.39 is 5.97 Å². The van der Waals surface area contributed by atoms with Gasteiger partial charge in [0, 0.05) is 27.7 Å². The van der Waals surface area contributed by atoms with Gasteiger partial charge in [-0.25, -0.2) is 4.79 Å². The maximum atomic E-state index is 10.8. The van der Waals surface area contributed by atoms with Crippen molar-refractivity contribution in [1.29, 1.82) is 0 Å². The lowest BCUT2D eigenvalue weighted by Gasteiger charge is -2.06. The van der Waals surface area contributed by atoms with Crippen LogP contribution in [-0.2, 0) is 6.42 Å². The van der Waals surface area contributed by atoms with Gasteiger partial charge < -0.3 is 10.4 Å². The van der Waals surface area contributed by atoms with Crippen LogP contribution in [0.2, 0.25) is 10.0 Å². The highest BCUT2D eigenvalue weighted by molar-refractivity contribution is 7.12. The van der Waals surface area contributed by atoms with Crippen molar-refractivity contribution in [2.75, 3.05) is 11.9 Å². The van der Waals surface area contributed by atoms with Gasteiger partial charge in [-0.15, -0.1) is 11.3 Å².